The molecule has 0 unspecified atom stereocenters. The molecular formula is C11H10N2S. The van der Waals surface area contributed by atoms with E-state index in [9.17, 15) is 0 Å². The molecule has 0 radical (unpaired) electrons. The van der Waals surface area contributed by atoms with Gasteiger partial charge in [0, 0.05) is 11.6 Å². The zero-order valence-corrected chi connectivity index (χ0v) is 8.47. The van der Waals surface area contributed by atoms with Crippen molar-refractivity contribution >= 4 is 22.9 Å². The predicted molar refractivity (Wildman–Crippen MR) is 60.1 cm³/mol. The van der Waals surface area contributed by atoms with Crippen molar-refractivity contribution in [1.29, 1.82) is 5.26 Å². The van der Waals surface area contributed by atoms with Crippen molar-refractivity contribution in [3.8, 4) is 6.07 Å². The first-order chi connectivity index (χ1) is 6.79. The number of nitrogens with one attached hydrogen (secondary N) is 1. The molecule has 3 heteroatoms. The second-order valence-corrected chi connectivity index (χ2v) is 3.90. The average Bonchev–Trinajstić information content (AvgIpc) is 3.01. The highest BCUT2D eigenvalue weighted by Crippen LogP contribution is 2.31. The third-order valence-electron chi connectivity index (χ3n) is 2.21. The van der Waals surface area contributed by atoms with Crippen LogP contribution in [0.15, 0.2) is 24.3 Å². The van der Waals surface area contributed by atoms with Gasteiger partial charge in [-0.15, -0.1) is 0 Å². The van der Waals surface area contributed by atoms with Crippen LogP contribution >= 0.6 is 12.2 Å². The van der Waals surface area contributed by atoms with Crippen molar-refractivity contribution in [2.75, 3.05) is 5.32 Å². The molecule has 70 valence electrons. The zero-order valence-electron chi connectivity index (χ0n) is 7.66. The SMILES string of the molecule is N#Cc1cccc(NC(=S)C2CC2)c1. The molecule has 2 rings (SSSR count). The Morgan fingerprint density at radius 2 is 2.29 bits per heavy atom. The molecule has 1 aliphatic carbocycles. The Labute approximate surface area is 88.6 Å². The first kappa shape index (κ1) is 9.17. The Bertz CT molecular complexity index is 402. The largest absolute Gasteiger partial charge is 0.350 e. The second kappa shape index (κ2) is 3.77. The van der Waals surface area contributed by atoms with Gasteiger partial charge in [-0.2, -0.15) is 5.26 Å². The minimum absolute atomic E-state index is 0.566. The zero-order chi connectivity index (χ0) is 9.97. The van der Waals surface area contributed by atoms with Gasteiger partial charge in [0.2, 0.25) is 0 Å². The van der Waals surface area contributed by atoms with Crippen LogP contribution in [0.4, 0.5) is 5.69 Å². The summed E-state index contributed by atoms with van der Waals surface area (Å²) in [5, 5.41) is 11.9. The second-order valence-electron chi connectivity index (χ2n) is 3.46. The molecule has 0 amide bonds. The fraction of sp³-hybridized carbons (Fsp3) is 0.273. The Hall–Kier alpha value is -1.40. The van der Waals surface area contributed by atoms with Gasteiger partial charge < -0.3 is 5.32 Å². The van der Waals surface area contributed by atoms with E-state index < -0.39 is 0 Å². The van der Waals surface area contributed by atoms with E-state index in [1.165, 1.54) is 12.8 Å². The van der Waals surface area contributed by atoms with Crippen molar-refractivity contribution in [3.63, 3.8) is 0 Å². The third kappa shape index (κ3) is 2.09. The number of benzene rings is 1. The van der Waals surface area contributed by atoms with Crippen molar-refractivity contribution in [1.82, 2.24) is 0 Å². The smallest absolute Gasteiger partial charge is 0.0992 e. The number of anilines is 1. The van der Waals surface area contributed by atoms with Crippen LogP contribution in [0.1, 0.15) is 18.4 Å². The fourth-order valence-electron chi connectivity index (χ4n) is 1.26. The molecule has 1 fully saturated rings. The lowest BCUT2D eigenvalue weighted by Crippen LogP contribution is -2.10. The van der Waals surface area contributed by atoms with Crippen LogP contribution in [0, 0.1) is 17.2 Å². The number of hydrogen-bond acceptors (Lipinski definition) is 2. The van der Waals surface area contributed by atoms with E-state index in [0.29, 0.717) is 11.5 Å². The maximum absolute atomic E-state index is 8.71. The highest BCUT2D eigenvalue weighted by Gasteiger charge is 2.26. The summed E-state index contributed by atoms with van der Waals surface area (Å²) in [4.78, 5) is 0.903. The number of hydrogen-bond donors (Lipinski definition) is 1. The van der Waals surface area contributed by atoms with Crippen LogP contribution in [0.3, 0.4) is 0 Å². The van der Waals surface area contributed by atoms with Gasteiger partial charge in [0.15, 0.2) is 0 Å². The number of rotatable bonds is 2. The molecule has 14 heavy (non-hydrogen) atoms. The minimum atomic E-state index is 0.566. The van der Waals surface area contributed by atoms with E-state index in [1.54, 1.807) is 6.07 Å². The molecule has 0 spiro atoms. The lowest BCUT2D eigenvalue weighted by atomic mass is 10.2. The van der Waals surface area contributed by atoms with Gasteiger partial charge in [0.1, 0.15) is 0 Å². The fourth-order valence-corrected chi connectivity index (χ4v) is 1.61. The highest BCUT2D eigenvalue weighted by atomic mass is 32.1. The van der Waals surface area contributed by atoms with Gasteiger partial charge in [-0.1, -0.05) is 18.3 Å². The number of thiocarbonyl (C=S) groups is 1. The van der Waals surface area contributed by atoms with E-state index in [2.05, 4.69) is 11.4 Å². The Morgan fingerprint density at radius 3 is 2.93 bits per heavy atom. The summed E-state index contributed by atoms with van der Waals surface area (Å²) in [5.74, 6) is 0.566. The monoisotopic (exact) mass is 202 g/mol. The average molecular weight is 202 g/mol. The van der Waals surface area contributed by atoms with E-state index in [-0.39, 0.29) is 0 Å². The van der Waals surface area contributed by atoms with Crippen molar-refractivity contribution in [3.05, 3.63) is 29.8 Å². The lowest BCUT2D eigenvalue weighted by Gasteiger charge is -2.06. The van der Waals surface area contributed by atoms with Gasteiger partial charge >= 0.3 is 0 Å². The molecule has 0 atom stereocenters. The van der Waals surface area contributed by atoms with Gasteiger partial charge in [0.05, 0.1) is 16.6 Å². The maximum atomic E-state index is 8.71. The van der Waals surface area contributed by atoms with Crippen LogP contribution in [0.5, 0.6) is 0 Å². The number of nitriles is 1. The molecule has 0 saturated heterocycles. The van der Waals surface area contributed by atoms with Crippen LogP contribution in [-0.4, -0.2) is 4.99 Å². The van der Waals surface area contributed by atoms with Crippen LogP contribution in [0.2, 0.25) is 0 Å². The summed E-state index contributed by atoms with van der Waals surface area (Å²) in [6.45, 7) is 0. The van der Waals surface area contributed by atoms with Crippen molar-refractivity contribution in [2.24, 2.45) is 5.92 Å². The van der Waals surface area contributed by atoms with Crippen LogP contribution < -0.4 is 5.32 Å². The standard InChI is InChI=1S/C11H10N2S/c12-7-8-2-1-3-10(6-8)13-11(14)9-4-5-9/h1-3,6,9H,4-5H2,(H,13,14). The Balaban J connectivity index is 2.08. The van der Waals surface area contributed by atoms with E-state index in [0.717, 1.165) is 10.7 Å². The Kier molecular flexibility index (Phi) is 2.47. The molecule has 0 aliphatic heterocycles. The predicted octanol–water partition coefficient (Wildman–Crippen LogP) is 2.71. The molecule has 1 aromatic carbocycles. The first-order valence-electron chi connectivity index (χ1n) is 4.60. The van der Waals surface area contributed by atoms with Gasteiger partial charge in [-0.3, -0.25) is 0 Å². The lowest BCUT2D eigenvalue weighted by molar-refractivity contribution is 1.22. The van der Waals surface area contributed by atoms with Crippen LogP contribution in [0.25, 0.3) is 0 Å². The molecule has 1 aromatic rings. The van der Waals surface area contributed by atoms with Crippen molar-refractivity contribution in [2.45, 2.75) is 12.8 Å². The summed E-state index contributed by atoms with van der Waals surface area (Å²) in [6, 6.07) is 9.48. The number of nitrogens with zero attached hydrogens (tertiary/aromatic N) is 1. The third-order valence-corrected chi connectivity index (χ3v) is 2.64. The topological polar surface area (TPSA) is 35.8 Å². The highest BCUT2D eigenvalue weighted by molar-refractivity contribution is 7.80. The normalized spacial score (nSPS) is 14.5. The van der Waals surface area contributed by atoms with Gasteiger partial charge in [-0.05, 0) is 31.0 Å². The molecular weight excluding hydrogens is 192 g/mol. The minimum Gasteiger partial charge on any atom is -0.350 e. The molecule has 1 saturated carbocycles. The summed E-state index contributed by atoms with van der Waals surface area (Å²) in [7, 11) is 0. The molecule has 0 heterocycles. The van der Waals surface area contributed by atoms with E-state index in [1.807, 2.05) is 18.2 Å². The molecule has 0 bridgehead atoms. The molecule has 1 N–H and O–H groups in total. The molecule has 1 aliphatic rings. The Morgan fingerprint density at radius 1 is 1.50 bits per heavy atom. The summed E-state index contributed by atoms with van der Waals surface area (Å²) in [6.07, 6.45) is 2.40. The quantitative estimate of drug-likeness (QED) is 0.749. The maximum Gasteiger partial charge on any atom is 0.0992 e. The van der Waals surface area contributed by atoms with Gasteiger partial charge in [-0.25, -0.2) is 0 Å². The van der Waals surface area contributed by atoms with Crippen LogP contribution in [-0.2, 0) is 0 Å². The molecule has 2 nitrogen and oxygen atoms in total. The van der Waals surface area contributed by atoms with Gasteiger partial charge in [0.25, 0.3) is 0 Å². The summed E-state index contributed by atoms with van der Waals surface area (Å²) in [5.41, 5.74) is 1.58. The molecule has 0 aromatic heterocycles. The summed E-state index contributed by atoms with van der Waals surface area (Å²) < 4.78 is 0. The summed E-state index contributed by atoms with van der Waals surface area (Å²) >= 11 is 5.21. The van der Waals surface area contributed by atoms with Crippen molar-refractivity contribution < 1.29 is 0 Å². The first-order valence-corrected chi connectivity index (χ1v) is 5.01. The van der Waals surface area contributed by atoms with E-state index in [4.69, 9.17) is 17.5 Å². The van der Waals surface area contributed by atoms with E-state index >= 15 is 0 Å².